The smallest absolute Gasteiger partial charge is 0.309 e. The van der Waals surface area contributed by atoms with Gasteiger partial charge >= 0.3 is 5.97 Å². The fourth-order valence-corrected chi connectivity index (χ4v) is 3.27. The number of rotatable bonds is 11. The van der Waals surface area contributed by atoms with Gasteiger partial charge in [-0.1, -0.05) is 42.5 Å². The van der Waals surface area contributed by atoms with E-state index in [2.05, 4.69) is 0 Å². The molecule has 3 rings (SSSR count). The van der Waals surface area contributed by atoms with Crippen molar-refractivity contribution >= 4 is 22.5 Å². The second-order valence-corrected chi connectivity index (χ2v) is 8.26. The summed E-state index contributed by atoms with van der Waals surface area (Å²) in [4.78, 5) is 24.3. The second-order valence-electron chi connectivity index (χ2n) is 8.26. The van der Waals surface area contributed by atoms with E-state index in [4.69, 9.17) is 9.47 Å². The summed E-state index contributed by atoms with van der Waals surface area (Å²) < 4.78 is 26.3. The first-order valence-corrected chi connectivity index (χ1v) is 10.6. The van der Waals surface area contributed by atoms with E-state index in [1.807, 2.05) is 30.3 Å². The van der Waals surface area contributed by atoms with E-state index < -0.39 is 17.2 Å². The Bertz CT molecular complexity index is 1090. The van der Waals surface area contributed by atoms with Gasteiger partial charge in [-0.15, -0.1) is 0 Å². The number of hydrogen-bond donors (Lipinski definition) is 1. The normalized spacial score (nSPS) is 11.3. The molecule has 0 bridgehead atoms. The Kier molecular flexibility index (Phi) is 7.46. The Hall–Kier alpha value is -3.41. The molecule has 0 unspecified atom stereocenters. The largest absolute Gasteiger partial charge is 0.493 e. The maximum atomic E-state index is 14.7. The van der Waals surface area contributed by atoms with Crippen LogP contribution in [0.25, 0.3) is 10.8 Å². The number of ketones is 1. The highest BCUT2D eigenvalue weighted by atomic mass is 19.1. The first-order valence-electron chi connectivity index (χ1n) is 10.6. The number of carboxylic acids is 1. The lowest BCUT2D eigenvalue weighted by Crippen LogP contribution is -2.24. The van der Waals surface area contributed by atoms with E-state index in [9.17, 15) is 19.1 Å². The summed E-state index contributed by atoms with van der Waals surface area (Å²) in [5.74, 6) is -0.762. The lowest BCUT2D eigenvalue weighted by atomic mass is 9.86. The van der Waals surface area contributed by atoms with Crippen LogP contribution in [0.1, 0.15) is 43.5 Å². The second kappa shape index (κ2) is 10.3. The molecular formula is C26H27FO5. The van der Waals surface area contributed by atoms with Crippen molar-refractivity contribution < 1.29 is 28.6 Å². The number of para-hydroxylation sites is 1. The quantitative estimate of drug-likeness (QED) is 0.298. The van der Waals surface area contributed by atoms with Gasteiger partial charge in [0, 0.05) is 23.6 Å². The molecule has 0 atom stereocenters. The average molecular weight is 438 g/mol. The summed E-state index contributed by atoms with van der Waals surface area (Å²) in [6.45, 7) is 3.84. The van der Waals surface area contributed by atoms with Gasteiger partial charge in [0.05, 0.1) is 24.2 Å². The zero-order valence-corrected chi connectivity index (χ0v) is 18.3. The van der Waals surface area contributed by atoms with Crippen LogP contribution in [0.5, 0.6) is 11.5 Å². The van der Waals surface area contributed by atoms with Gasteiger partial charge in [0.25, 0.3) is 0 Å². The third-order valence-electron chi connectivity index (χ3n) is 5.35. The molecule has 0 saturated heterocycles. The number of ether oxygens (including phenoxy) is 2. The number of Topliss-reactive ketones (excluding diaryl/α,β-unsaturated/α-hetero) is 1. The molecule has 1 N–H and O–H groups in total. The number of halogens is 1. The molecule has 0 saturated carbocycles. The number of carbonyl (C=O) groups excluding carboxylic acids is 1. The number of hydrogen-bond acceptors (Lipinski definition) is 4. The minimum absolute atomic E-state index is 0.0233. The lowest BCUT2D eigenvalue weighted by molar-refractivity contribution is -0.147. The van der Waals surface area contributed by atoms with E-state index in [1.54, 1.807) is 38.1 Å². The Balaban J connectivity index is 1.76. The molecule has 168 valence electrons. The summed E-state index contributed by atoms with van der Waals surface area (Å²) in [6, 6.07) is 17.4. The maximum Gasteiger partial charge on any atom is 0.309 e. The molecule has 0 heterocycles. The summed E-state index contributed by atoms with van der Waals surface area (Å²) in [7, 11) is 0. The van der Waals surface area contributed by atoms with Crippen LogP contribution in [-0.2, 0) is 4.79 Å². The van der Waals surface area contributed by atoms with Crippen molar-refractivity contribution in [1.82, 2.24) is 0 Å². The topological polar surface area (TPSA) is 72.8 Å². The molecule has 0 aliphatic carbocycles. The Morgan fingerprint density at radius 1 is 0.938 bits per heavy atom. The van der Waals surface area contributed by atoms with Crippen molar-refractivity contribution in [3.63, 3.8) is 0 Å². The van der Waals surface area contributed by atoms with Crippen molar-refractivity contribution in [2.45, 2.75) is 33.1 Å². The standard InChI is InChI=1S/C26H27FO5/c1-26(2,25(29)30)14-13-23(28)21-17-22(27)19-11-6-7-12-20(19)24(21)32-16-8-15-31-18-9-4-3-5-10-18/h3-7,9-12,17H,8,13-16H2,1-2H3,(H,29,30). The van der Waals surface area contributed by atoms with E-state index in [0.717, 1.165) is 5.75 Å². The van der Waals surface area contributed by atoms with Crippen molar-refractivity contribution in [1.29, 1.82) is 0 Å². The summed E-state index contributed by atoms with van der Waals surface area (Å²) in [6.07, 6.45) is 0.685. The molecule has 0 spiro atoms. The van der Waals surface area contributed by atoms with Gasteiger partial charge in [-0.25, -0.2) is 4.39 Å². The summed E-state index contributed by atoms with van der Waals surface area (Å²) in [5.41, 5.74) is -0.924. The SMILES string of the molecule is CC(C)(CCC(=O)c1cc(F)c2ccccc2c1OCCCOc1ccccc1)C(=O)O. The zero-order chi connectivity index (χ0) is 23.1. The highest BCUT2D eigenvalue weighted by Gasteiger charge is 2.29. The maximum absolute atomic E-state index is 14.7. The molecule has 6 heteroatoms. The van der Waals surface area contributed by atoms with E-state index in [1.165, 1.54) is 6.07 Å². The van der Waals surface area contributed by atoms with Crippen LogP contribution in [-0.4, -0.2) is 30.1 Å². The Morgan fingerprint density at radius 2 is 1.56 bits per heavy atom. The number of aliphatic carboxylic acids is 1. The van der Waals surface area contributed by atoms with Gasteiger partial charge in [0.2, 0.25) is 0 Å². The summed E-state index contributed by atoms with van der Waals surface area (Å²) >= 11 is 0. The minimum Gasteiger partial charge on any atom is -0.493 e. The summed E-state index contributed by atoms with van der Waals surface area (Å²) in [5, 5.41) is 10.2. The highest BCUT2D eigenvalue weighted by Crippen LogP contribution is 2.34. The number of carbonyl (C=O) groups is 2. The van der Waals surface area contributed by atoms with Crippen LogP contribution in [0.3, 0.4) is 0 Å². The minimum atomic E-state index is -1.05. The third kappa shape index (κ3) is 5.63. The fraction of sp³-hybridized carbons (Fsp3) is 0.308. The third-order valence-corrected chi connectivity index (χ3v) is 5.35. The molecule has 0 aliphatic rings. The molecule has 3 aromatic carbocycles. The van der Waals surface area contributed by atoms with Crippen molar-refractivity contribution in [2.75, 3.05) is 13.2 Å². The van der Waals surface area contributed by atoms with Gasteiger partial charge in [0.15, 0.2) is 5.78 Å². The van der Waals surface area contributed by atoms with Crippen LogP contribution in [0, 0.1) is 11.2 Å². The predicted octanol–water partition coefficient (Wildman–Crippen LogP) is 5.90. The molecule has 0 fully saturated rings. The first-order chi connectivity index (χ1) is 15.3. The number of fused-ring (bicyclic) bond motifs is 1. The van der Waals surface area contributed by atoms with E-state index in [0.29, 0.717) is 29.5 Å². The van der Waals surface area contributed by atoms with Crippen molar-refractivity contribution in [3.8, 4) is 11.5 Å². The molecule has 5 nitrogen and oxygen atoms in total. The average Bonchev–Trinajstić information content (AvgIpc) is 2.79. The predicted molar refractivity (Wildman–Crippen MR) is 121 cm³/mol. The van der Waals surface area contributed by atoms with Gasteiger partial charge in [-0.05, 0) is 38.5 Å². The van der Waals surface area contributed by atoms with Crippen LogP contribution in [0.4, 0.5) is 4.39 Å². The Morgan fingerprint density at radius 3 is 2.25 bits per heavy atom. The van der Waals surface area contributed by atoms with Crippen LogP contribution in [0.15, 0.2) is 60.7 Å². The van der Waals surface area contributed by atoms with Crippen LogP contribution in [0.2, 0.25) is 0 Å². The molecule has 0 aliphatic heterocycles. The highest BCUT2D eigenvalue weighted by molar-refractivity contribution is 6.05. The number of benzene rings is 3. The van der Waals surface area contributed by atoms with E-state index in [-0.39, 0.29) is 30.8 Å². The van der Waals surface area contributed by atoms with E-state index >= 15 is 0 Å². The molecule has 0 aromatic heterocycles. The van der Waals surface area contributed by atoms with Gasteiger partial charge < -0.3 is 14.6 Å². The molecule has 3 aromatic rings. The molecular weight excluding hydrogens is 411 g/mol. The fourth-order valence-electron chi connectivity index (χ4n) is 3.27. The Labute approximate surface area is 186 Å². The van der Waals surface area contributed by atoms with Crippen LogP contribution >= 0.6 is 0 Å². The monoisotopic (exact) mass is 438 g/mol. The van der Waals surface area contributed by atoms with Gasteiger partial charge in [-0.3, -0.25) is 9.59 Å². The van der Waals surface area contributed by atoms with Crippen LogP contribution < -0.4 is 9.47 Å². The first kappa shape index (κ1) is 23.3. The zero-order valence-electron chi connectivity index (χ0n) is 18.3. The van der Waals surface area contributed by atoms with Gasteiger partial charge in [-0.2, -0.15) is 0 Å². The number of carboxylic acid groups (broad SMARTS) is 1. The molecule has 0 radical (unpaired) electrons. The molecule has 32 heavy (non-hydrogen) atoms. The lowest BCUT2D eigenvalue weighted by Gasteiger charge is -2.19. The van der Waals surface area contributed by atoms with Crippen molar-refractivity contribution in [2.24, 2.45) is 5.41 Å². The van der Waals surface area contributed by atoms with Crippen molar-refractivity contribution in [3.05, 3.63) is 72.0 Å². The molecule has 0 amide bonds. The van der Waals surface area contributed by atoms with Gasteiger partial charge in [0.1, 0.15) is 17.3 Å².